The van der Waals surface area contributed by atoms with Crippen LogP contribution in [0.15, 0.2) is 41.8 Å². The van der Waals surface area contributed by atoms with Gasteiger partial charge >= 0.3 is 0 Å². The minimum Gasteiger partial charge on any atom is -0.493 e. The Kier molecular flexibility index (Phi) is 7.44. The summed E-state index contributed by atoms with van der Waals surface area (Å²) in [5.41, 5.74) is 7.93. The summed E-state index contributed by atoms with van der Waals surface area (Å²) in [4.78, 5) is 0. The normalized spacial score (nSPS) is 17.8. The number of hydrogen-bond acceptors (Lipinski definition) is 10. The molecule has 0 unspecified atom stereocenters. The van der Waals surface area contributed by atoms with Crippen LogP contribution >= 0.6 is 0 Å². The first-order chi connectivity index (χ1) is 20.5. The number of benzene rings is 2. The summed E-state index contributed by atoms with van der Waals surface area (Å²) >= 11 is 0. The molecule has 2 aromatic carbocycles. The fourth-order valence-corrected chi connectivity index (χ4v) is 3.58. The van der Waals surface area contributed by atoms with Gasteiger partial charge in [0.15, 0.2) is 32.8 Å². The van der Waals surface area contributed by atoms with Crippen LogP contribution in [-0.4, -0.2) is 62.3 Å². The Balaban J connectivity index is 0.000000450. The Bertz CT molecular complexity index is 1580. The first kappa shape index (κ1) is 19.2. The van der Waals surface area contributed by atoms with Crippen molar-refractivity contribution in [3.8, 4) is 23.0 Å². The fourth-order valence-electron chi connectivity index (χ4n) is 2.71. The SMILES string of the molecule is [2H]C(=C(N)c1ccc(OC)c(OCC)c1)S(=O)(=O)C([2H])([2H])[2H].[2H]C([2H])([2H])S(=O)(=O)C([2H])([2H])[C@@H](N)c1ccc(OC)c(OCC)c1. The zero-order valence-electron chi connectivity index (χ0n) is 29.2. The van der Waals surface area contributed by atoms with Crippen molar-refractivity contribution in [2.75, 3.05) is 45.5 Å². The van der Waals surface area contributed by atoms with Crippen LogP contribution in [0.25, 0.3) is 5.70 Å². The number of nitrogens with two attached hydrogens (primary N) is 2. The van der Waals surface area contributed by atoms with Crippen LogP contribution in [0.3, 0.4) is 0 Å². The Morgan fingerprint density at radius 3 is 2.03 bits per heavy atom. The Morgan fingerprint density at radius 1 is 0.972 bits per heavy atom. The van der Waals surface area contributed by atoms with Gasteiger partial charge in [0.2, 0.25) is 0 Å². The lowest BCUT2D eigenvalue weighted by Crippen LogP contribution is -2.20. The fraction of sp³-hybridized carbons (Fsp3) is 0.417. The highest BCUT2D eigenvalue weighted by Crippen LogP contribution is 2.31. The monoisotopic (exact) mass is 553 g/mol. The third-order valence-electron chi connectivity index (χ3n) is 4.15. The summed E-state index contributed by atoms with van der Waals surface area (Å²) in [6, 6.07) is 6.72. The number of sulfone groups is 2. The second-order valence-corrected chi connectivity index (χ2v) is 9.21. The average molecular weight is 554 g/mol. The molecule has 2 aromatic rings. The molecular formula is C24H36N2O8S2. The molecule has 0 amide bonds. The van der Waals surface area contributed by atoms with E-state index in [1.807, 2.05) is 0 Å². The summed E-state index contributed by atoms with van der Waals surface area (Å²) in [7, 11) is -7.09. The van der Waals surface area contributed by atoms with Crippen molar-refractivity contribution in [1.29, 1.82) is 0 Å². The number of ether oxygens (including phenoxy) is 4. The largest absolute Gasteiger partial charge is 0.493 e. The highest BCUT2D eigenvalue weighted by atomic mass is 32.2. The molecular weight excluding hydrogens is 508 g/mol. The molecule has 12 heteroatoms. The van der Waals surface area contributed by atoms with Gasteiger partial charge < -0.3 is 30.4 Å². The van der Waals surface area contributed by atoms with E-state index in [1.54, 1.807) is 13.8 Å². The Morgan fingerprint density at radius 2 is 1.53 bits per heavy atom. The molecule has 0 saturated heterocycles. The summed E-state index contributed by atoms with van der Waals surface area (Å²) in [5.74, 6) is 1.33. The predicted octanol–water partition coefficient (Wildman–Crippen LogP) is 2.53. The van der Waals surface area contributed by atoms with Crippen LogP contribution < -0.4 is 30.4 Å². The highest BCUT2D eigenvalue weighted by molar-refractivity contribution is 7.93. The van der Waals surface area contributed by atoms with E-state index in [2.05, 4.69) is 0 Å². The molecule has 0 aliphatic heterocycles. The van der Waals surface area contributed by atoms with Gasteiger partial charge in [-0.1, -0.05) is 6.07 Å². The molecule has 0 heterocycles. The van der Waals surface area contributed by atoms with Gasteiger partial charge in [-0.05, 0) is 49.7 Å². The predicted molar refractivity (Wildman–Crippen MR) is 142 cm³/mol. The second kappa shape index (κ2) is 14.0. The van der Waals surface area contributed by atoms with Crippen LogP contribution in [0.2, 0.25) is 0 Å². The molecule has 10 nitrogen and oxygen atoms in total. The third kappa shape index (κ3) is 10.8. The molecule has 0 aromatic heterocycles. The van der Waals surface area contributed by atoms with Crippen molar-refractivity contribution in [3.63, 3.8) is 0 Å². The van der Waals surface area contributed by atoms with Crippen molar-refractivity contribution < 1.29 is 48.1 Å². The lowest BCUT2D eigenvalue weighted by molar-refractivity contribution is 0.310. The summed E-state index contributed by atoms with van der Waals surface area (Å²) in [6.07, 6.45) is -6.85. The maximum Gasteiger partial charge on any atom is 0.170 e. The smallest absolute Gasteiger partial charge is 0.170 e. The summed E-state index contributed by atoms with van der Waals surface area (Å²) < 4.78 is 133. The molecule has 1 atom stereocenters. The van der Waals surface area contributed by atoms with E-state index in [4.69, 9.17) is 42.8 Å². The van der Waals surface area contributed by atoms with Gasteiger partial charge in [0.1, 0.15) is 9.84 Å². The quantitative estimate of drug-likeness (QED) is 0.424. The van der Waals surface area contributed by atoms with E-state index in [0.717, 1.165) is 0 Å². The summed E-state index contributed by atoms with van der Waals surface area (Å²) in [6.45, 7) is 4.12. The maximum atomic E-state index is 11.9. The standard InChI is InChI=1S/C12H19NO4S.C12H17NO4S/c2*1-4-17-12-7-9(5-6-11(12)16-2)10(13)8-18(3,14)15/h5-7,10H,4,8,13H2,1-3H3;5-8H,4,13H2,1-3H3/t10-;/m1./s1/i3D3,8D2;3D3,8D. The van der Waals surface area contributed by atoms with Gasteiger partial charge in [-0.15, -0.1) is 0 Å². The molecule has 4 N–H and O–H groups in total. The molecule has 202 valence electrons. The minimum atomic E-state index is -5.13. The first-order valence-corrected chi connectivity index (χ1v) is 13.2. The van der Waals surface area contributed by atoms with Gasteiger partial charge in [-0.25, -0.2) is 16.8 Å². The van der Waals surface area contributed by atoms with Crippen molar-refractivity contribution >= 4 is 25.4 Å². The van der Waals surface area contributed by atoms with Gasteiger partial charge in [-0.2, -0.15) is 0 Å². The molecule has 0 radical (unpaired) electrons. The Hall–Kier alpha value is -2.96. The topological polar surface area (TPSA) is 157 Å². The van der Waals surface area contributed by atoms with Crippen molar-refractivity contribution in [2.24, 2.45) is 11.5 Å². The lowest BCUT2D eigenvalue weighted by atomic mass is 10.1. The van der Waals surface area contributed by atoms with Crippen molar-refractivity contribution in [2.45, 2.75) is 19.9 Å². The molecule has 0 aliphatic rings. The molecule has 2 rings (SSSR count). The lowest BCUT2D eigenvalue weighted by Gasteiger charge is -2.15. The second-order valence-electron chi connectivity index (χ2n) is 6.76. The average Bonchev–Trinajstić information content (AvgIpc) is 2.95. The number of hydrogen-bond donors (Lipinski definition) is 2. The molecule has 0 aliphatic carbocycles. The molecule has 0 bridgehead atoms. The zero-order chi connectivity index (χ0) is 35.2. The first-order valence-electron chi connectivity index (χ1n) is 14.8. The van der Waals surface area contributed by atoms with Crippen LogP contribution in [0.5, 0.6) is 23.0 Å². The van der Waals surface area contributed by atoms with E-state index in [-0.39, 0.29) is 16.9 Å². The van der Waals surface area contributed by atoms with E-state index in [9.17, 15) is 16.8 Å². The third-order valence-corrected chi connectivity index (χ3v) is 5.20. The number of methoxy groups -OCH3 is 2. The van der Waals surface area contributed by atoms with Crippen LogP contribution in [0.1, 0.15) is 43.4 Å². The van der Waals surface area contributed by atoms with Crippen LogP contribution in [0, 0.1) is 0 Å². The van der Waals surface area contributed by atoms with Gasteiger partial charge in [0.25, 0.3) is 0 Å². The molecule has 0 spiro atoms. The molecule has 0 saturated carbocycles. The van der Waals surface area contributed by atoms with E-state index in [1.165, 1.54) is 50.6 Å². The highest BCUT2D eigenvalue weighted by Gasteiger charge is 2.15. The van der Waals surface area contributed by atoms with E-state index in [0.29, 0.717) is 30.5 Å². The van der Waals surface area contributed by atoms with Crippen LogP contribution in [-0.2, 0) is 19.7 Å². The molecule has 36 heavy (non-hydrogen) atoms. The summed E-state index contributed by atoms with van der Waals surface area (Å²) in [5, 5.41) is -1.15. The molecule has 0 fully saturated rings. The van der Waals surface area contributed by atoms with Crippen molar-refractivity contribution in [1.82, 2.24) is 0 Å². The van der Waals surface area contributed by atoms with Gasteiger partial charge in [0, 0.05) is 34.9 Å². The van der Waals surface area contributed by atoms with Crippen LogP contribution in [0.4, 0.5) is 0 Å². The Labute approximate surface area is 226 Å². The van der Waals surface area contributed by atoms with Gasteiger partial charge in [0.05, 0.1) is 45.6 Å². The zero-order valence-corrected chi connectivity index (χ0v) is 21.8. The minimum absolute atomic E-state index is 0.0760. The van der Waals surface area contributed by atoms with Gasteiger partial charge in [-0.3, -0.25) is 0 Å². The van der Waals surface area contributed by atoms with E-state index >= 15 is 0 Å². The number of rotatable bonds is 11. The van der Waals surface area contributed by atoms with E-state index < -0.39 is 54.9 Å². The van der Waals surface area contributed by atoms with Crippen molar-refractivity contribution in [3.05, 3.63) is 52.9 Å². The maximum absolute atomic E-state index is 11.9.